The van der Waals surface area contributed by atoms with Crippen molar-refractivity contribution in [2.45, 2.75) is 64.8 Å². The smallest absolute Gasteiger partial charge is 0.0516 e. The summed E-state index contributed by atoms with van der Waals surface area (Å²) in [5.41, 5.74) is 6.01. The van der Waals surface area contributed by atoms with Crippen LogP contribution in [0.4, 0.5) is 0 Å². The number of alkyl halides is 1. The highest BCUT2D eigenvalue weighted by Gasteiger charge is 2.40. The van der Waals surface area contributed by atoms with Crippen LogP contribution < -0.4 is 11.1 Å². The van der Waals surface area contributed by atoms with Crippen molar-refractivity contribution in [3.63, 3.8) is 0 Å². The van der Waals surface area contributed by atoms with Crippen LogP contribution in [0.1, 0.15) is 53.4 Å². The molecule has 2 rings (SSSR count). The topological polar surface area (TPSA) is 41.3 Å². The molecule has 0 aromatic heterocycles. The van der Waals surface area contributed by atoms with Crippen LogP contribution in [0, 0.1) is 23.2 Å². The number of halogens is 1. The molecule has 0 aromatic rings. The van der Waals surface area contributed by atoms with Gasteiger partial charge in [-0.1, -0.05) is 39.8 Å². The van der Waals surface area contributed by atoms with Crippen molar-refractivity contribution in [1.82, 2.24) is 10.2 Å². The highest BCUT2D eigenvalue weighted by Crippen LogP contribution is 2.43. The molecule has 0 aromatic carbocycles. The highest BCUT2D eigenvalue weighted by molar-refractivity contribution is 6.21. The van der Waals surface area contributed by atoms with E-state index in [1.165, 1.54) is 25.9 Å². The van der Waals surface area contributed by atoms with Crippen molar-refractivity contribution in [1.29, 1.82) is 0 Å². The lowest BCUT2D eigenvalue weighted by Crippen LogP contribution is -2.53. The predicted octanol–water partition coefficient (Wildman–Crippen LogP) is 3.87. The first kappa shape index (κ1) is 21.2. The van der Waals surface area contributed by atoms with E-state index in [0.717, 1.165) is 44.3 Å². The van der Waals surface area contributed by atoms with E-state index >= 15 is 0 Å². The van der Waals surface area contributed by atoms with E-state index in [-0.39, 0.29) is 5.38 Å². The van der Waals surface area contributed by atoms with Crippen molar-refractivity contribution in [2.24, 2.45) is 28.9 Å². The summed E-state index contributed by atoms with van der Waals surface area (Å²) in [7, 11) is 0. The molecule has 0 bridgehead atoms. The Kier molecular flexibility index (Phi) is 8.26. The Labute approximate surface area is 160 Å². The zero-order chi connectivity index (χ0) is 18.4. The number of allylic oxidation sites excluding steroid dienone is 2. The lowest BCUT2D eigenvalue weighted by Gasteiger charge is -2.48. The zero-order valence-electron chi connectivity index (χ0n) is 16.8. The third-order valence-electron chi connectivity index (χ3n) is 6.30. The molecule has 4 heteroatoms. The Morgan fingerprint density at radius 3 is 2.56 bits per heavy atom. The molecule has 3 nitrogen and oxygen atoms in total. The first-order valence-electron chi connectivity index (χ1n) is 10.3. The SMILES string of the molecule is CC(C)[C@H](CN1CC[C@H](C2C=CC(Cl)CC2)C(C)(C)C1)NCCCN. The molecular formula is C21H40ClN3. The second kappa shape index (κ2) is 9.73. The first-order chi connectivity index (χ1) is 11.8. The Balaban J connectivity index is 1.90. The largest absolute Gasteiger partial charge is 0.330 e. The quantitative estimate of drug-likeness (QED) is 0.387. The number of nitrogens with zero attached hydrogens (tertiary/aromatic N) is 1. The van der Waals surface area contributed by atoms with Crippen molar-refractivity contribution >= 4 is 11.6 Å². The molecule has 1 aliphatic carbocycles. The highest BCUT2D eigenvalue weighted by atomic mass is 35.5. The molecule has 0 spiro atoms. The minimum atomic E-state index is 0.255. The van der Waals surface area contributed by atoms with Crippen LogP contribution in [0.25, 0.3) is 0 Å². The van der Waals surface area contributed by atoms with Gasteiger partial charge in [0.05, 0.1) is 5.38 Å². The van der Waals surface area contributed by atoms with Gasteiger partial charge in [-0.2, -0.15) is 0 Å². The van der Waals surface area contributed by atoms with Crippen molar-refractivity contribution in [3.8, 4) is 0 Å². The van der Waals surface area contributed by atoms with Gasteiger partial charge in [-0.05, 0) is 68.5 Å². The fourth-order valence-corrected chi connectivity index (χ4v) is 4.97. The van der Waals surface area contributed by atoms with Crippen LogP contribution in [0.5, 0.6) is 0 Å². The van der Waals surface area contributed by atoms with Gasteiger partial charge >= 0.3 is 0 Å². The van der Waals surface area contributed by atoms with Gasteiger partial charge in [0.15, 0.2) is 0 Å². The van der Waals surface area contributed by atoms with E-state index in [2.05, 4.69) is 50.1 Å². The monoisotopic (exact) mass is 369 g/mol. The summed E-state index contributed by atoms with van der Waals surface area (Å²) in [6.45, 7) is 15.0. The Hall–Kier alpha value is -0.0900. The van der Waals surface area contributed by atoms with Crippen LogP contribution in [0.3, 0.4) is 0 Å². The van der Waals surface area contributed by atoms with Crippen LogP contribution in [-0.4, -0.2) is 49.0 Å². The summed E-state index contributed by atoms with van der Waals surface area (Å²) >= 11 is 6.24. The molecule has 2 unspecified atom stereocenters. The first-order valence-corrected chi connectivity index (χ1v) is 10.8. The number of rotatable bonds is 8. The minimum Gasteiger partial charge on any atom is -0.330 e. The average Bonchev–Trinajstić information content (AvgIpc) is 2.54. The van der Waals surface area contributed by atoms with Gasteiger partial charge in [-0.15, -0.1) is 11.6 Å². The molecule has 0 radical (unpaired) electrons. The molecule has 1 heterocycles. The second-order valence-electron chi connectivity index (χ2n) is 9.21. The third kappa shape index (κ3) is 6.23. The average molecular weight is 370 g/mol. The molecule has 1 saturated heterocycles. The van der Waals surface area contributed by atoms with Crippen LogP contribution in [-0.2, 0) is 0 Å². The van der Waals surface area contributed by atoms with Crippen LogP contribution >= 0.6 is 11.6 Å². The van der Waals surface area contributed by atoms with Crippen LogP contribution in [0.15, 0.2) is 12.2 Å². The Bertz CT molecular complexity index is 421. The number of hydrogen-bond acceptors (Lipinski definition) is 3. The summed E-state index contributed by atoms with van der Waals surface area (Å²) in [6.07, 6.45) is 9.41. The maximum Gasteiger partial charge on any atom is 0.0516 e. The molecule has 25 heavy (non-hydrogen) atoms. The summed E-state index contributed by atoms with van der Waals surface area (Å²) in [4.78, 5) is 2.69. The molecule has 1 aliphatic heterocycles. The van der Waals surface area contributed by atoms with E-state index in [9.17, 15) is 0 Å². The van der Waals surface area contributed by atoms with E-state index in [1.54, 1.807) is 0 Å². The maximum absolute atomic E-state index is 6.24. The van der Waals surface area contributed by atoms with Gasteiger partial charge in [0, 0.05) is 19.1 Å². The van der Waals surface area contributed by atoms with Gasteiger partial charge in [0.1, 0.15) is 0 Å². The summed E-state index contributed by atoms with van der Waals surface area (Å²) in [6, 6.07) is 0.561. The van der Waals surface area contributed by atoms with Gasteiger partial charge in [0.25, 0.3) is 0 Å². The molecule has 1 fully saturated rings. The van der Waals surface area contributed by atoms with E-state index < -0.39 is 0 Å². The summed E-state index contributed by atoms with van der Waals surface area (Å²) < 4.78 is 0. The van der Waals surface area contributed by atoms with Crippen molar-refractivity contribution in [3.05, 3.63) is 12.2 Å². The zero-order valence-corrected chi connectivity index (χ0v) is 17.6. The molecular weight excluding hydrogens is 330 g/mol. The van der Waals surface area contributed by atoms with Gasteiger partial charge in [0.2, 0.25) is 0 Å². The summed E-state index contributed by atoms with van der Waals surface area (Å²) in [5.74, 6) is 2.16. The molecule has 2 aliphatic rings. The van der Waals surface area contributed by atoms with Crippen molar-refractivity contribution in [2.75, 3.05) is 32.7 Å². The number of piperidine rings is 1. The van der Waals surface area contributed by atoms with E-state index in [0.29, 0.717) is 17.4 Å². The lowest BCUT2D eigenvalue weighted by molar-refractivity contribution is 0.0220. The van der Waals surface area contributed by atoms with Crippen LogP contribution in [0.2, 0.25) is 0 Å². The van der Waals surface area contributed by atoms with E-state index in [4.69, 9.17) is 17.3 Å². The fourth-order valence-electron chi connectivity index (χ4n) is 4.76. The number of hydrogen-bond donors (Lipinski definition) is 2. The Morgan fingerprint density at radius 2 is 2.00 bits per heavy atom. The maximum atomic E-state index is 6.24. The molecule has 4 atom stereocenters. The molecule has 3 N–H and O–H groups in total. The Morgan fingerprint density at radius 1 is 1.24 bits per heavy atom. The number of nitrogens with two attached hydrogens (primary N) is 1. The van der Waals surface area contributed by atoms with Gasteiger partial charge in [-0.3, -0.25) is 0 Å². The summed E-state index contributed by atoms with van der Waals surface area (Å²) in [5, 5.41) is 3.98. The fraction of sp³-hybridized carbons (Fsp3) is 0.905. The molecule has 0 saturated carbocycles. The molecule has 146 valence electrons. The number of likely N-dealkylation sites (tertiary alicyclic amines) is 1. The standard InChI is InChI=1S/C21H40ClN3/c1-16(2)20(24-12-5-11-23)14-25-13-10-19(21(3,4)15-25)17-6-8-18(22)9-7-17/h6,8,16-20,24H,5,7,9-15,23H2,1-4H3/t17?,18?,19-,20+/m1/s1. The lowest BCUT2D eigenvalue weighted by atomic mass is 9.65. The minimum absolute atomic E-state index is 0.255. The van der Waals surface area contributed by atoms with Gasteiger partial charge in [-0.25, -0.2) is 0 Å². The van der Waals surface area contributed by atoms with E-state index in [1.807, 2.05) is 0 Å². The normalized spacial score (nSPS) is 31.4. The molecule has 0 amide bonds. The number of nitrogens with one attached hydrogen (secondary N) is 1. The van der Waals surface area contributed by atoms with Gasteiger partial charge < -0.3 is 16.0 Å². The third-order valence-corrected chi connectivity index (χ3v) is 6.66. The van der Waals surface area contributed by atoms with Crippen molar-refractivity contribution < 1.29 is 0 Å². The predicted molar refractivity (Wildman–Crippen MR) is 110 cm³/mol. The second-order valence-corrected chi connectivity index (χ2v) is 9.77.